The highest BCUT2D eigenvalue weighted by atomic mass is 32.1. The van der Waals surface area contributed by atoms with Crippen LogP contribution in [-0.4, -0.2) is 22.6 Å². The summed E-state index contributed by atoms with van der Waals surface area (Å²) in [5.74, 6) is -0.839. The van der Waals surface area contributed by atoms with E-state index in [1.807, 2.05) is 5.38 Å². The number of aromatic nitrogens is 1. The molecule has 0 bridgehead atoms. The van der Waals surface area contributed by atoms with Gasteiger partial charge in [-0.1, -0.05) is 13.3 Å². The maximum Gasteiger partial charge on any atom is 0.315 e. The molecule has 0 radical (unpaired) electrons. The van der Waals surface area contributed by atoms with Crippen molar-refractivity contribution in [2.24, 2.45) is 5.41 Å². The van der Waals surface area contributed by atoms with E-state index in [4.69, 9.17) is 0 Å². The molecule has 1 aliphatic rings. The molecule has 0 spiro atoms. The van der Waals surface area contributed by atoms with E-state index in [9.17, 15) is 9.90 Å². The van der Waals surface area contributed by atoms with Crippen molar-refractivity contribution in [1.82, 2.24) is 4.98 Å². The second-order valence-corrected chi connectivity index (χ2v) is 6.93. The number of hydrogen-bond donors (Lipinski definition) is 2. The third-order valence-corrected chi connectivity index (χ3v) is 4.83. The molecule has 19 heavy (non-hydrogen) atoms. The SMILES string of the molecule is CCCC1(CNc2nc(C(C)(C)C(=O)O)cs2)CC1. The van der Waals surface area contributed by atoms with Gasteiger partial charge >= 0.3 is 5.97 Å². The first-order chi connectivity index (χ1) is 8.89. The Morgan fingerprint density at radius 2 is 2.26 bits per heavy atom. The zero-order valence-corrected chi connectivity index (χ0v) is 12.6. The minimum atomic E-state index is -0.920. The van der Waals surface area contributed by atoms with Crippen LogP contribution in [0.3, 0.4) is 0 Å². The molecular formula is C14H22N2O2S. The summed E-state index contributed by atoms with van der Waals surface area (Å²) >= 11 is 1.49. The normalized spacial score (nSPS) is 17.2. The number of hydrogen-bond acceptors (Lipinski definition) is 4. The minimum Gasteiger partial charge on any atom is -0.481 e. The average Bonchev–Trinajstić information content (AvgIpc) is 2.93. The van der Waals surface area contributed by atoms with Crippen LogP contribution >= 0.6 is 11.3 Å². The van der Waals surface area contributed by atoms with Gasteiger partial charge in [0.05, 0.1) is 5.69 Å². The Morgan fingerprint density at radius 1 is 1.58 bits per heavy atom. The van der Waals surface area contributed by atoms with Crippen LogP contribution in [0.1, 0.15) is 52.1 Å². The van der Waals surface area contributed by atoms with E-state index in [2.05, 4.69) is 17.2 Å². The third kappa shape index (κ3) is 3.08. The van der Waals surface area contributed by atoms with Crippen molar-refractivity contribution in [3.63, 3.8) is 0 Å². The fraction of sp³-hybridized carbons (Fsp3) is 0.714. The lowest BCUT2D eigenvalue weighted by atomic mass is 9.90. The molecular weight excluding hydrogens is 260 g/mol. The van der Waals surface area contributed by atoms with Gasteiger partial charge in [-0.3, -0.25) is 4.79 Å². The lowest BCUT2D eigenvalue weighted by Gasteiger charge is -2.16. The Labute approximate surface area is 118 Å². The molecule has 0 aliphatic heterocycles. The molecule has 5 heteroatoms. The third-order valence-electron chi connectivity index (χ3n) is 4.03. The van der Waals surface area contributed by atoms with Gasteiger partial charge in [0, 0.05) is 11.9 Å². The fourth-order valence-corrected chi connectivity index (χ4v) is 3.11. The summed E-state index contributed by atoms with van der Waals surface area (Å²) in [6, 6.07) is 0. The van der Waals surface area contributed by atoms with Gasteiger partial charge < -0.3 is 10.4 Å². The number of rotatable bonds is 7. The molecule has 1 fully saturated rings. The van der Waals surface area contributed by atoms with Crippen molar-refractivity contribution in [2.75, 3.05) is 11.9 Å². The predicted octanol–water partition coefficient (Wildman–Crippen LogP) is 3.50. The summed E-state index contributed by atoms with van der Waals surface area (Å²) in [4.78, 5) is 15.6. The lowest BCUT2D eigenvalue weighted by Crippen LogP contribution is -2.28. The summed E-state index contributed by atoms with van der Waals surface area (Å²) in [6.45, 7) is 6.56. The van der Waals surface area contributed by atoms with Crippen LogP contribution in [0.2, 0.25) is 0 Å². The second kappa shape index (κ2) is 5.12. The lowest BCUT2D eigenvalue weighted by molar-refractivity contribution is -0.142. The van der Waals surface area contributed by atoms with E-state index in [0.717, 1.165) is 11.7 Å². The van der Waals surface area contributed by atoms with E-state index >= 15 is 0 Å². The van der Waals surface area contributed by atoms with Crippen molar-refractivity contribution >= 4 is 22.4 Å². The van der Waals surface area contributed by atoms with Crippen molar-refractivity contribution in [3.8, 4) is 0 Å². The molecule has 0 aromatic carbocycles. The van der Waals surface area contributed by atoms with E-state index in [-0.39, 0.29) is 0 Å². The monoisotopic (exact) mass is 282 g/mol. The first kappa shape index (κ1) is 14.3. The van der Waals surface area contributed by atoms with Gasteiger partial charge in [-0.25, -0.2) is 4.98 Å². The Balaban J connectivity index is 1.97. The number of carboxylic acid groups (broad SMARTS) is 1. The molecule has 1 aromatic heterocycles. The van der Waals surface area contributed by atoms with Crippen LogP contribution in [0.25, 0.3) is 0 Å². The highest BCUT2D eigenvalue weighted by molar-refractivity contribution is 7.13. The Hall–Kier alpha value is -1.10. The highest BCUT2D eigenvalue weighted by Crippen LogP contribution is 2.49. The number of thiazole rings is 1. The molecule has 0 unspecified atom stereocenters. The molecule has 0 saturated heterocycles. The molecule has 4 nitrogen and oxygen atoms in total. The molecule has 2 N–H and O–H groups in total. The van der Waals surface area contributed by atoms with Crippen molar-refractivity contribution < 1.29 is 9.90 Å². The van der Waals surface area contributed by atoms with E-state index in [1.54, 1.807) is 13.8 Å². The summed E-state index contributed by atoms with van der Waals surface area (Å²) in [6.07, 6.45) is 5.08. The van der Waals surface area contributed by atoms with Crippen molar-refractivity contribution in [2.45, 2.75) is 51.9 Å². The summed E-state index contributed by atoms with van der Waals surface area (Å²) in [5, 5.41) is 15.2. The van der Waals surface area contributed by atoms with Crippen LogP contribution in [0, 0.1) is 5.41 Å². The molecule has 2 rings (SSSR count). The quantitative estimate of drug-likeness (QED) is 0.803. The number of aliphatic carboxylic acids is 1. The molecule has 0 amide bonds. The zero-order chi connectivity index (χ0) is 14.1. The van der Waals surface area contributed by atoms with E-state index < -0.39 is 11.4 Å². The summed E-state index contributed by atoms with van der Waals surface area (Å²) in [5.41, 5.74) is 0.188. The van der Waals surface area contributed by atoms with Gasteiger partial charge in [-0.05, 0) is 38.5 Å². The molecule has 0 atom stereocenters. The molecule has 1 aromatic rings. The van der Waals surface area contributed by atoms with Crippen molar-refractivity contribution in [1.29, 1.82) is 0 Å². The van der Waals surface area contributed by atoms with E-state index in [0.29, 0.717) is 11.1 Å². The average molecular weight is 282 g/mol. The maximum absolute atomic E-state index is 11.2. The van der Waals surface area contributed by atoms with E-state index in [1.165, 1.54) is 37.0 Å². The van der Waals surface area contributed by atoms with Gasteiger partial charge in [-0.15, -0.1) is 11.3 Å². The standard InChI is InChI=1S/C14H22N2O2S/c1-4-5-14(6-7-14)9-15-12-16-10(8-19-12)13(2,3)11(17)18/h8H,4-7,9H2,1-3H3,(H,15,16)(H,17,18). The Kier molecular flexibility index (Phi) is 3.85. The van der Waals surface area contributed by atoms with Crippen LogP contribution in [0.5, 0.6) is 0 Å². The number of carboxylic acids is 1. The Morgan fingerprint density at radius 3 is 2.79 bits per heavy atom. The van der Waals surface area contributed by atoms with Crippen LogP contribution < -0.4 is 5.32 Å². The van der Waals surface area contributed by atoms with Gasteiger partial charge in [0.15, 0.2) is 5.13 Å². The molecule has 106 valence electrons. The van der Waals surface area contributed by atoms with Gasteiger partial charge in [0.2, 0.25) is 0 Å². The van der Waals surface area contributed by atoms with Crippen molar-refractivity contribution in [3.05, 3.63) is 11.1 Å². The first-order valence-corrected chi connectivity index (χ1v) is 7.71. The number of nitrogens with zero attached hydrogens (tertiary/aromatic N) is 1. The topological polar surface area (TPSA) is 62.2 Å². The minimum absolute atomic E-state index is 0.475. The van der Waals surface area contributed by atoms with Crippen LogP contribution in [0.15, 0.2) is 5.38 Å². The zero-order valence-electron chi connectivity index (χ0n) is 11.8. The first-order valence-electron chi connectivity index (χ1n) is 6.83. The maximum atomic E-state index is 11.2. The molecule has 1 heterocycles. The van der Waals surface area contributed by atoms with Crippen LogP contribution in [-0.2, 0) is 10.2 Å². The number of carbonyl (C=O) groups is 1. The second-order valence-electron chi connectivity index (χ2n) is 6.07. The number of nitrogens with one attached hydrogen (secondary N) is 1. The van der Waals surface area contributed by atoms with Crippen LogP contribution in [0.4, 0.5) is 5.13 Å². The summed E-state index contributed by atoms with van der Waals surface area (Å²) < 4.78 is 0. The fourth-order valence-electron chi connectivity index (χ4n) is 2.24. The predicted molar refractivity (Wildman–Crippen MR) is 77.8 cm³/mol. The van der Waals surface area contributed by atoms with Gasteiger partial charge in [-0.2, -0.15) is 0 Å². The highest BCUT2D eigenvalue weighted by Gasteiger charge is 2.41. The van der Waals surface area contributed by atoms with Gasteiger partial charge in [0.1, 0.15) is 5.41 Å². The summed E-state index contributed by atoms with van der Waals surface area (Å²) in [7, 11) is 0. The smallest absolute Gasteiger partial charge is 0.315 e. The largest absolute Gasteiger partial charge is 0.481 e. The Bertz CT molecular complexity index is 464. The molecule has 1 aliphatic carbocycles. The molecule has 1 saturated carbocycles. The van der Waals surface area contributed by atoms with Gasteiger partial charge in [0.25, 0.3) is 0 Å². The number of anilines is 1.